The Morgan fingerprint density at radius 1 is 1.00 bits per heavy atom. The number of methoxy groups -OCH3 is 1. The minimum Gasteiger partial charge on any atom is -0.505 e. The summed E-state index contributed by atoms with van der Waals surface area (Å²) in [5, 5.41) is 26.0. The van der Waals surface area contributed by atoms with Gasteiger partial charge in [-0.1, -0.05) is 39.7 Å². The second-order valence-electron chi connectivity index (χ2n) is 11.4. The molecule has 14 heteroatoms. The van der Waals surface area contributed by atoms with Crippen LogP contribution in [-0.2, 0) is 28.6 Å². The molecule has 2 aromatic rings. The lowest BCUT2D eigenvalue weighted by Crippen LogP contribution is -2.50. The second-order valence-corrected chi connectivity index (χ2v) is 11.4. The third-order valence-electron chi connectivity index (χ3n) is 7.34. The summed E-state index contributed by atoms with van der Waals surface area (Å²) < 4.78 is 21.9. The van der Waals surface area contributed by atoms with Gasteiger partial charge in [-0.25, -0.2) is 9.78 Å². The molecule has 1 aromatic carbocycles. The van der Waals surface area contributed by atoms with E-state index in [-0.39, 0.29) is 29.3 Å². The first-order valence-electron chi connectivity index (χ1n) is 15.1. The minimum absolute atomic E-state index is 0.000232. The summed E-state index contributed by atoms with van der Waals surface area (Å²) in [7, 11) is 1.30. The van der Waals surface area contributed by atoms with E-state index in [2.05, 4.69) is 15.6 Å². The third kappa shape index (κ3) is 8.64. The average Bonchev–Trinajstić information content (AvgIpc) is 3.01. The Labute approximate surface area is 266 Å². The number of aromatic hydroxyl groups is 2. The number of phenols is 1. The zero-order valence-electron chi connectivity index (χ0n) is 26.7. The van der Waals surface area contributed by atoms with Crippen molar-refractivity contribution in [1.82, 2.24) is 10.3 Å². The number of ether oxygens (including phenoxy) is 4. The van der Waals surface area contributed by atoms with Crippen LogP contribution < -0.4 is 15.4 Å². The van der Waals surface area contributed by atoms with Crippen molar-refractivity contribution in [2.75, 3.05) is 12.4 Å². The van der Waals surface area contributed by atoms with E-state index in [0.717, 1.165) is 6.42 Å². The van der Waals surface area contributed by atoms with Gasteiger partial charge in [-0.2, -0.15) is 0 Å². The number of esters is 3. The number of anilines is 1. The quantitative estimate of drug-likeness (QED) is 0.158. The van der Waals surface area contributed by atoms with E-state index in [0.29, 0.717) is 12.8 Å². The molecule has 0 saturated carbocycles. The zero-order chi connectivity index (χ0) is 34.1. The Kier molecular flexibility index (Phi) is 12.3. The molecule has 1 aromatic heterocycles. The van der Waals surface area contributed by atoms with Gasteiger partial charge in [-0.05, 0) is 38.3 Å². The molecule has 1 saturated heterocycles. The van der Waals surface area contributed by atoms with Crippen LogP contribution in [0.15, 0.2) is 30.5 Å². The van der Waals surface area contributed by atoms with Crippen molar-refractivity contribution < 1.29 is 53.1 Å². The van der Waals surface area contributed by atoms with Gasteiger partial charge in [0.15, 0.2) is 35.1 Å². The highest BCUT2D eigenvalue weighted by Gasteiger charge is 2.44. The van der Waals surface area contributed by atoms with Crippen LogP contribution in [0.5, 0.6) is 17.2 Å². The molecular weight excluding hydrogens is 602 g/mol. The maximum absolute atomic E-state index is 13.4. The van der Waals surface area contributed by atoms with E-state index in [4.69, 9.17) is 18.9 Å². The van der Waals surface area contributed by atoms with Gasteiger partial charge in [0.25, 0.3) is 11.8 Å². The van der Waals surface area contributed by atoms with Gasteiger partial charge in [0.2, 0.25) is 0 Å². The van der Waals surface area contributed by atoms with E-state index in [1.165, 1.54) is 51.4 Å². The average molecular weight is 644 g/mol. The van der Waals surface area contributed by atoms with Crippen LogP contribution in [0, 0.1) is 11.8 Å². The number of para-hydroxylation sites is 1. The molecule has 0 spiro atoms. The van der Waals surface area contributed by atoms with Gasteiger partial charge < -0.3 is 39.8 Å². The van der Waals surface area contributed by atoms with Crippen molar-refractivity contribution in [2.45, 2.75) is 84.7 Å². The van der Waals surface area contributed by atoms with Crippen LogP contribution in [0.3, 0.4) is 0 Å². The van der Waals surface area contributed by atoms with E-state index < -0.39 is 77.2 Å². The first-order chi connectivity index (χ1) is 21.8. The smallest absolute Gasteiger partial charge is 0.332 e. The van der Waals surface area contributed by atoms with Gasteiger partial charge in [0.1, 0.15) is 12.2 Å². The molecule has 4 N–H and O–H groups in total. The number of hydrogen-bond donors (Lipinski definition) is 4. The van der Waals surface area contributed by atoms with E-state index in [1.54, 1.807) is 0 Å². The number of carbonyl (C=O) groups is 5. The molecule has 1 aliphatic rings. The van der Waals surface area contributed by atoms with Gasteiger partial charge in [0, 0.05) is 18.7 Å². The fraction of sp³-hybridized carbons (Fsp3) is 0.500. The number of nitrogens with one attached hydrogen (secondary N) is 2. The molecule has 250 valence electrons. The van der Waals surface area contributed by atoms with Crippen molar-refractivity contribution in [3.63, 3.8) is 0 Å². The van der Waals surface area contributed by atoms with Gasteiger partial charge in [-0.3, -0.25) is 19.2 Å². The topological polar surface area (TPSA) is 200 Å². The second kappa shape index (κ2) is 15.9. The van der Waals surface area contributed by atoms with Crippen molar-refractivity contribution >= 4 is 35.4 Å². The molecule has 14 nitrogen and oxygen atoms in total. The summed E-state index contributed by atoms with van der Waals surface area (Å²) in [5.74, 6) is -6.16. The number of hydrogen-bond acceptors (Lipinski definition) is 12. The number of nitrogens with zero attached hydrogens (tertiary/aromatic N) is 1. The normalized spacial score (nSPS) is 21.6. The summed E-state index contributed by atoms with van der Waals surface area (Å²) in [4.78, 5) is 69.3. The predicted octanol–water partition coefficient (Wildman–Crippen LogP) is 3.49. The number of phenolic OH excluding ortho intramolecular Hbond substituents is 1. The lowest BCUT2D eigenvalue weighted by atomic mass is 9.92. The number of rotatable bonds is 11. The standard InChI is InChI=1S/C32H41N3O11/c1-7-8-10-20-28(46-23(36)15-16(2)3)18(5)45-32(42)24(17(4)44-31(20)41)35-29(39)19-11-9-12-21(26(19)37)34-30(40)25-27(38)22(43-6)13-14-33-25/h9,11-14,16-18,20,24,28,37-38H,7-8,10,15H2,1-6H3,(H,34,40)(H,35,39)/t17?,18-,20+,24?,28?/m0/s1. The van der Waals surface area contributed by atoms with Crippen molar-refractivity contribution in [3.8, 4) is 17.2 Å². The van der Waals surface area contributed by atoms with Crippen molar-refractivity contribution in [3.05, 3.63) is 41.7 Å². The molecule has 3 unspecified atom stereocenters. The van der Waals surface area contributed by atoms with Crippen LogP contribution in [0.4, 0.5) is 5.69 Å². The summed E-state index contributed by atoms with van der Waals surface area (Å²) in [6.45, 7) is 8.53. The molecule has 2 amide bonds. The fourth-order valence-electron chi connectivity index (χ4n) is 4.90. The van der Waals surface area contributed by atoms with Crippen LogP contribution in [0.1, 0.15) is 81.1 Å². The highest BCUT2D eigenvalue weighted by atomic mass is 16.6. The number of amides is 2. The molecule has 46 heavy (non-hydrogen) atoms. The zero-order valence-corrected chi connectivity index (χ0v) is 26.7. The Morgan fingerprint density at radius 2 is 1.70 bits per heavy atom. The van der Waals surface area contributed by atoms with Crippen LogP contribution >= 0.6 is 0 Å². The molecule has 2 heterocycles. The highest BCUT2D eigenvalue weighted by molar-refractivity contribution is 6.08. The largest absolute Gasteiger partial charge is 0.505 e. The lowest BCUT2D eigenvalue weighted by Gasteiger charge is -2.29. The van der Waals surface area contributed by atoms with Crippen LogP contribution in [-0.4, -0.2) is 76.4 Å². The van der Waals surface area contributed by atoms with Gasteiger partial charge in [0.05, 0.1) is 24.3 Å². The monoisotopic (exact) mass is 643 g/mol. The molecule has 0 bridgehead atoms. The van der Waals surface area contributed by atoms with E-state index in [1.807, 2.05) is 20.8 Å². The predicted molar refractivity (Wildman–Crippen MR) is 163 cm³/mol. The number of aromatic nitrogens is 1. The Balaban J connectivity index is 1.85. The summed E-state index contributed by atoms with van der Waals surface area (Å²) in [6.07, 6.45) is -0.358. The summed E-state index contributed by atoms with van der Waals surface area (Å²) in [6, 6.07) is 3.75. The Hall–Kier alpha value is -4.88. The first kappa shape index (κ1) is 35.6. The van der Waals surface area contributed by atoms with Crippen molar-refractivity contribution in [2.24, 2.45) is 11.8 Å². The Morgan fingerprint density at radius 3 is 2.35 bits per heavy atom. The molecule has 1 fully saturated rings. The highest BCUT2D eigenvalue weighted by Crippen LogP contribution is 2.32. The number of pyridine rings is 1. The molecule has 3 rings (SSSR count). The van der Waals surface area contributed by atoms with Gasteiger partial charge in [-0.15, -0.1) is 0 Å². The van der Waals surface area contributed by atoms with E-state index >= 15 is 0 Å². The van der Waals surface area contributed by atoms with Crippen LogP contribution in [0.2, 0.25) is 0 Å². The Bertz CT molecular complexity index is 1440. The molecule has 5 atom stereocenters. The van der Waals surface area contributed by atoms with Gasteiger partial charge >= 0.3 is 17.9 Å². The molecule has 1 aliphatic heterocycles. The number of cyclic esters (lactones) is 2. The summed E-state index contributed by atoms with van der Waals surface area (Å²) in [5.41, 5.74) is -0.921. The fourth-order valence-corrected chi connectivity index (χ4v) is 4.90. The molecular formula is C32H41N3O11. The maximum Gasteiger partial charge on any atom is 0.332 e. The first-order valence-corrected chi connectivity index (χ1v) is 15.1. The lowest BCUT2D eigenvalue weighted by molar-refractivity contribution is -0.175. The maximum atomic E-state index is 13.4. The van der Waals surface area contributed by atoms with Crippen molar-refractivity contribution in [1.29, 1.82) is 0 Å². The third-order valence-corrected chi connectivity index (χ3v) is 7.34. The number of carbonyl (C=O) groups excluding carboxylic acids is 5. The van der Waals surface area contributed by atoms with E-state index in [9.17, 15) is 34.2 Å². The number of benzene rings is 1. The summed E-state index contributed by atoms with van der Waals surface area (Å²) >= 11 is 0. The SMILES string of the molecule is CCCC[C@H]1C(=O)OC(C)C(NC(=O)c2cccc(NC(=O)c3nccc(OC)c3O)c2O)C(=O)O[C@@H](C)C1OC(=O)CC(C)C. The molecule has 0 aliphatic carbocycles. The van der Waals surface area contributed by atoms with Crippen LogP contribution in [0.25, 0.3) is 0 Å². The number of unbranched alkanes of at least 4 members (excludes halogenated alkanes) is 1. The molecule has 0 radical (unpaired) electrons. The minimum atomic E-state index is -1.51.